The zero-order valence-electron chi connectivity index (χ0n) is 17.8. The molecule has 0 bridgehead atoms. The first-order valence-corrected chi connectivity index (χ1v) is 11.2. The Balaban J connectivity index is 0.00000729. The summed E-state index contributed by atoms with van der Waals surface area (Å²) in [6, 6.07) is 7.87. The van der Waals surface area contributed by atoms with Crippen LogP contribution in [0.15, 0.2) is 24.3 Å². The molecule has 0 radical (unpaired) electrons. The summed E-state index contributed by atoms with van der Waals surface area (Å²) in [5, 5.41) is 0. The predicted molar refractivity (Wildman–Crippen MR) is 104 cm³/mol. The average molecular weight is 425 g/mol. The van der Waals surface area contributed by atoms with Crippen molar-refractivity contribution in [3.05, 3.63) is 29.8 Å². The van der Waals surface area contributed by atoms with Crippen LogP contribution in [0.4, 0.5) is 0 Å². The van der Waals surface area contributed by atoms with Gasteiger partial charge in [-0.15, -0.1) is 0 Å². The second-order valence-corrected chi connectivity index (χ2v) is 8.40. The van der Waals surface area contributed by atoms with E-state index in [-0.39, 0.29) is 29.6 Å². The Morgan fingerprint density at radius 1 is 0.893 bits per heavy atom. The summed E-state index contributed by atoms with van der Waals surface area (Å²) in [5.41, 5.74) is -0.196. The van der Waals surface area contributed by atoms with Crippen molar-refractivity contribution in [3.8, 4) is 5.75 Å². The van der Waals surface area contributed by atoms with Crippen molar-refractivity contribution in [1.29, 1.82) is 0 Å². The van der Waals surface area contributed by atoms with Crippen LogP contribution in [0.25, 0.3) is 0 Å². The largest absolute Gasteiger partial charge is 1.00 e. The Morgan fingerprint density at radius 2 is 1.46 bits per heavy atom. The van der Waals surface area contributed by atoms with Crippen molar-refractivity contribution in [2.75, 3.05) is 0 Å². The summed E-state index contributed by atoms with van der Waals surface area (Å²) in [4.78, 5) is 0. The SMILES string of the molecule is CCCCCCCCc1ccc(OC(C)OC(C)OC(C)S(=O)(=O)[O-])cc1.[Na+]. The summed E-state index contributed by atoms with van der Waals surface area (Å²) in [5.74, 6) is 0.658. The number of rotatable bonds is 14. The molecule has 0 saturated carbocycles. The predicted octanol–water partition coefficient (Wildman–Crippen LogP) is 1.59. The minimum absolute atomic E-state index is 0. The first-order chi connectivity index (χ1) is 12.7. The third-order valence-corrected chi connectivity index (χ3v) is 5.14. The summed E-state index contributed by atoms with van der Waals surface area (Å²) < 4.78 is 48.6. The second kappa shape index (κ2) is 14.8. The third kappa shape index (κ3) is 12.4. The molecule has 0 aliphatic rings. The van der Waals surface area contributed by atoms with Gasteiger partial charge in [0, 0.05) is 0 Å². The number of aryl methyl sites for hydroxylation is 1. The molecular weight excluding hydrogens is 391 g/mol. The molecule has 1 rings (SSSR count). The standard InChI is InChI=1S/C20H34O6S.Na/c1-5-6-7-8-9-10-11-19-12-14-20(15-13-19)26-17(3)24-16(2)25-18(4)27(21,22)23;/h12-18H,5-11H2,1-4H3,(H,21,22,23);/q;+1/p-1. The van der Waals surface area contributed by atoms with Crippen LogP contribution < -0.4 is 34.3 Å². The van der Waals surface area contributed by atoms with Crippen LogP contribution in [0.1, 0.15) is 71.8 Å². The Kier molecular flexibility index (Phi) is 14.7. The van der Waals surface area contributed by atoms with Crippen LogP contribution in [0.3, 0.4) is 0 Å². The molecule has 0 fully saturated rings. The average Bonchev–Trinajstić information content (AvgIpc) is 2.58. The first kappa shape index (κ1) is 27.8. The molecule has 0 spiro atoms. The molecular formula is C20H33NaO6S. The maximum atomic E-state index is 10.8. The fraction of sp³-hybridized carbons (Fsp3) is 0.700. The molecule has 1 aromatic carbocycles. The summed E-state index contributed by atoms with van der Waals surface area (Å²) in [7, 11) is -4.51. The third-order valence-electron chi connectivity index (χ3n) is 4.22. The number of unbranched alkanes of at least 4 members (excludes halogenated alkanes) is 5. The van der Waals surface area contributed by atoms with Gasteiger partial charge in [-0.05, 0) is 51.3 Å². The molecule has 0 aromatic heterocycles. The minimum Gasteiger partial charge on any atom is -0.746 e. The van der Waals surface area contributed by atoms with E-state index in [1.807, 2.05) is 24.3 Å². The Labute approximate surface area is 192 Å². The van der Waals surface area contributed by atoms with E-state index < -0.39 is 28.1 Å². The molecule has 8 heteroatoms. The molecule has 0 aliphatic carbocycles. The maximum absolute atomic E-state index is 10.8. The van der Waals surface area contributed by atoms with Gasteiger partial charge in [-0.2, -0.15) is 0 Å². The number of hydrogen-bond acceptors (Lipinski definition) is 6. The van der Waals surface area contributed by atoms with Crippen LogP contribution in [0, 0.1) is 0 Å². The molecule has 1 aromatic rings. The summed E-state index contributed by atoms with van der Waals surface area (Å²) >= 11 is 0. The van der Waals surface area contributed by atoms with Crippen LogP contribution >= 0.6 is 0 Å². The normalized spacial score (nSPS) is 14.8. The van der Waals surface area contributed by atoms with Crippen molar-refractivity contribution >= 4 is 10.1 Å². The topological polar surface area (TPSA) is 84.9 Å². The summed E-state index contributed by atoms with van der Waals surface area (Å²) in [6.45, 7) is 6.60. The second-order valence-electron chi connectivity index (χ2n) is 6.75. The van der Waals surface area contributed by atoms with Crippen LogP contribution in [-0.2, 0) is 26.0 Å². The van der Waals surface area contributed by atoms with Crippen molar-refractivity contribution in [2.24, 2.45) is 0 Å². The molecule has 3 atom stereocenters. The van der Waals surface area contributed by atoms with Crippen LogP contribution in [0.5, 0.6) is 5.75 Å². The molecule has 28 heavy (non-hydrogen) atoms. The van der Waals surface area contributed by atoms with Crippen molar-refractivity contribution in [3.63, 3.8) is 0 Å². The molecule has 0 heterocycles. The van der Waals surface area contributed by atoms with Crippen LogP contribution in [0.2, 0.25) is 0 Å². The van der Waals surface area contributed by atoms with E-state index in [4.69, 9.17) is 14.2 Å². The van der Waals surface area contributed by atoms with Gasteiger partial charge in [0.25, 0.3) is 0 Å². The number of benzene rings is 1. The van der Waals surface area contributed by atoms with E-state index >= 15 is 0 Å². The van der Waals surface area contributed by atoms with Gasteiger partial charge in [0.2, 0.25) is 0 Å². The first-order valence-electron chi connectivity index (χ1n) is 9.73. The van der Waals surface area contributed by atoms with E-state index in [9.17, 15) is 13.0 Å². The smallest absolute Gasteiger partial charge is 0.746 e. The van der Waals surface area contributed by atoms with Gasteiger partial charge in [0.05, 0.1) is 0 Å². The zero-order chi connectivity index (χ0) is 20.3. The molecule has 6 nitrogen and oxygen atoms in total. The van der Waals surface area contributed by atoms with E-state index in [1.165, 1.54) is 57.9 Å². The molecule has 0 N–H and O–H groups in total. The molecule has 156 valence electrons. The van der Waals surface area contributed by atoms with Gasteiger partial charge in [-0.25, -0.2) is 8.42 Å². The Morgan fingerprint density at radius 3 is 2.04 bits per heavy atom. The number of hydrogen-bond donors (Lipinski definition) is 0. The van der Waals surface area contributed by atoms with E-state index in [1.54, 1.807) is 6.92 Å². The van der Waals surface area contributed by atoms with Crippen molar-refractivity contribution < 1.29 is 56.7 Å². The number of ether oxygens (including phenoxy) is 3. The van der Waals surface area contributed by atoms with Gasteiger partial charge in [0.1, 0.15) is 21.3 Å². The fourth-order valence-electron chi connectivity index (χ4n) is 2.70. The van der Waals surface area contributed by atoms with Crippen molar-refractivity contribution in [2.45, 2.75) is 90.7 Å². The van der Waals surface area contributed by atoms with E-state index in [0.29, 0.717) is 5.75 Å². The molecule has 3 unspecified atom stereocenters. The zero-order valence-corrected chi connectivity index (χ0v) is 20.7. The van der Waals surface area contributed by atoms with E-state index in [2.05, 4.69) is 6.92 Å². The molecule has 0 saturated heterocycles. The summed E-state index contributed by atoms with van der Waals surface area (Å²) in [6.07, 6.45) is 7.20. The molecule has 0 amide bonds. The maximum Gasteiger partial charge on any atom is 1.00 e. The van der Waals surface area contributed by atoms with Gasteiger partial charge in [-0.3, -0.25) is 0 Å². The monoisotopic (exact) mass is 424 g/mol. The van der Waals surface area contributed by atoms with Gasteiger partial charge >= 0.3 is 29.6 Å². The fourth-order valence-corrected chi connectivity index (χ4v) is 3.00. The minimum atomic E-state index is -4.51. The van der Waals surface area contributed by atoms with Crippen LogP contribution in [-0.4, -0.2) is 31.0 Å². The van der Waals surface area contributed by atoms with Gasteiger partial charge in [-0.1, -0.05) is 51.2 Å². The van der Waals surface area contributed by atoms with E-state index in [0.717, 1.165) is 6.42 Å². The van der Waals surface area contributed by atoms with Gasteiger partial charge < -0.3 is 18.8 Å². The van der Waals surface area contributed by atoms with Crippen molar-refractivity contribution in [1.82, 2.24) is 0 Å². The molecule has 0 aliphatic heterocycles. The Bertz CT molecular complexity index is 620. The van der Waals surface area contributed by atoms with Gasteiger partial charge in [0.15, 0.2) is 12.6 Å². The quantitative estimate of drug-likeness (QED) is 0.195. The Hall–Kier alpha value is -0.150.